The zero-order valence-corrected chi connectivity index (χ0v) is 18.0. The molecule has 0 spiro atoms. The topological polar surface area (TPSA) is 53.3 Å². The first kappa shape index (κ1) is 21.5. The maximum absolute atomic E-state index is 6.28. The van der Waals surface area contributed by atoms with Gasteiger partial charge >= 0.3 is 0 Å². The Morgan fingerprint density at radius 2 is 1.50 bits per heavy atom. The van der Waals surface area contributed by atoms with Gasteiger partial charge in [0, 0.05) is 21.4 Å². The lowest BCUT2D eigenvalue weighted by Gasteiger charge is -2.33. The van der Waals surface area contributed by atoms with Gasteiger partial charge in [0.25, 0.3) is 0 Å². The Labute approximate surface area is 178 Å². The van der Waals surface area contributed by atoms with Crippen LogP contribution in [0.4, 0.5) is 11.4 Å². The molecule has 1 aliphatic rings. The predicted octanol–water partition coefficient (Wildman–Crippen LogP) is 4.64. The van der Waals surface area contributed by atoms with Gasteiger partial charge in [0.05, 0.1) is 11.4 Å². The Morgan fingerprint density at radius 1 is 0.821 bits per heavy atom. The van der Waals surface area contributed by atoms with Crippen LogP contribution in [0.5, 0.6) is 0 Å². The van der Waals surface area contributed by atoms with Gasteiger partial charge in [0.1, 0.15) is 0 Å². The number of hydrogen-bond acceptors (Lipinski definition) is 5. The fourth-order valence-electron chi connectivity index (χ4n) is 3.38. The minimum atomic E-state index is 0.769. The number of anilines is 2. The molecule has 3 rings (SSSR count). The molecule has 0 saturated heterocycles. The molecule has 2 aromatic carbocycles. The van der Waals surface area contributed by atoms with Crippen molar-refractivity contribution in [2.75, 3.05) is 44.2 Å². The van der Waals surface area contributed by atoms with Crippen molar-refractivity contribution in [2.45, 2.75) is 35.5 Å². The van der Waals surface area contributed by atoms with E-state index in [1.807, 2.05) is 17.8 Å². The van der Waals surface area contributed by atoms with Crippen LogP contribution in [0, 0.1) is 0 Å². The maximum Gasteiger partial charge on any atom is 0.0567 e. The van der Waals surface area contributed by atoms with Crippen LogP contribution >= 0.6 is 23.4 Å². The molecule has 0 fully saturated rings. The standard InChI is InChI=1S/C22H31ClN4S/c23-18-9-10-22-20(17-18)27(19-7-1-2-8-21(19)28-22)16-6-15-26-13-4-3-12-25-14-5-11-24/h1-2,7-10,17,25-26H,3-6,11-16,24H2. The number of hydrogen-bond donors (Lipinski definition) is 3. The molecule has 28 heavy (non-hydrogen) atoms. The molecule has 152 valence electrons. The molecule has 2 aromatic rings. The van der Waals surface area contributed by atoms with Gasteiger partial charge in [-0.2, -0.15) is 0 Å². The maximum atomic E-state index is 6.28. The van der Waals surface area contributed by atoms with Crippen molar-refractivity contribution in [3.63, 3.8) is 0 Å². The van der Waals surface area contributed by atoms with Crippen LogP contribution in [0.25, 0.3) is 0 Å². The fourth-order valence-corrected chi connectivity index (χ4v) is 4.63. The summed E-state index contributed by atoms with van der Waals surface area (Å²) in [5, 5.41) is 7.80. The van der Waals surface area contributed by atoms with E-state index >= 15 is 0 Å². The highest BCUT2D eigenvalue weighted by Gasteiger charge is 2.22. The molecular weight excluding hydrogens is 388 g/mol. The summed E-state index contributed by atoms with van der Waals surface area (Å²) in [7, 11) is 0. The number of para-hydroxylation sites is 1. The van der Waals surface area contributed by atoms with Gasteiger partial charge in [0.2, 0.25) is 0 Å². The van der Waals surface area contributed by atoms with Crippen LogP contribution in [0.1, 0.15) is 25.7 Å². The summed E-state index contributed by atoms with van der Waals surface area (Å²) in [6, 6.07) is 14.8. The summed E-state index contributed by atoms with van der Waals surface area (Å²) < 4.78 is 0. The second kappa shape index (κ2) is 11.7. The second-order valence-electron chi connectivity index (χ2n) is 7.04. The van der Waals surface area contributed by atoms with E-state index in [9.17, 15) is 0 Å². The van der Waals surface area contributed by atoms with Crippen molar-refractivity contribution in [2.24, 2.45) is 5.73 Å². The summed E-state index contributed by atoms with van der Waals surface area (Å²) >= 11 is 8.11. The molecule has 6 heteroatoms. The normalized spacial score (nSPS) is 12.7. The summed E-state index contributed by atoms with van der Waals surface area (Å²) in [6.45, 7) is 5.98. The third-order valence-electron chi connectivity index (χ3n) is 4.84. The van der Waals surface area contributed by atoms with Gasteiger partial charge in [-0.3, -0.25) is 0 Å². The van der Waals surface area contributed by atoms with Crippen molar-refractivity contribution in [3.05, 3.63) is 47.5 Å². The van der Waals surface area contributed by atoms with Crippen LogP contribution in [0.15, 0.2) is 52.3 Å². The Balaban J connectivity index is 1.43. The number of nitrogens with zero attached hydrogens (tertiary/aromatic N) is 1. The van der Waals surface area contributed by atoms with E-state index in [4.69, 9.17) is 17.3 Å². The lowest BCUT2D eigenvalue weighted by Crippen LogP contribution is -2.26. The molecule has 0 aromatic heterocycles. The van der Waals surface area contributed by atoms with Crippen LogP contribution < -0.4 is 21.3 Å². The smallest absolute Gasteiger partial charge is 0.0567 e. The minimum absolute atomic E-state index is 0.769. The van der Waals surface area contributed by atoms with Gasteiger partial charge in [0.15, 0.2) is 0 Å². The molecule has 0 saturated carbocycles. The first-order chi connectivity index (χ1) is 13.8. The summed E-state index contributed by atoms with van der Waals surface area (Å²) in [5.41, 5.74) is 8.00. The van der Waals surface area contributed by atoms with Crippen molar-refractivity contribution in [3.8, 4) is 0 Å². The summed E-state index contributed by atoms with van der Waals surface area (Å²) in [5.74, 6) is 0. The number of benzene rings is 2. The molecule has 0 atom stereocenters. The number of unbranched alkanes of at least 4 members (excludes halogenated alkanes) is 1. The highest BCUT2D eigenvalue weighted by Crippen LogP contribution is 2.48. The minimum Gasteiger partial charge on any atom is -0.340 e. The molecule has 4 N–H and O–H groups in total. The average molecular weight is 419 g/mol. The number of rotatable bonds is 12. The first-order valence-corrected chi connectivity index (χ1v) is 11.4. The van der Waals surface area contributed by atoms with E-state index in [0.29, 0.717) is 0 Å². The van der Waals surface area contributed by atoms with Gasteiger partial charge in [-0.05, 0) is 88.7 Å². The van der Waals surface area contributed by atoms with Crippen molar-refractivity contribution >= 4 is 34.7 Å². The first-order valence-electron chi connectivity index (χ1n) is 10.2. The zero-order chi connectivity index (χ0) is 19.6. The van der Waals surface area contributed by atoms with Crippen LogP contribution in [-0.4, -0.2) is 39.3 Å². The van der Waals surface area contributed by atoms with Crippen molar-refractivity contribution in [1.29, 1.82) is 0 Å². The number of nitrogens with one attached hydrogen (secondary N) is 2. The summed E-state index contributed by atoms with van der Waals surface area (Å²) in [4.78, 5) is 5.00. The third kappa shape index (κ3) is 6.13. The van der Waals surface area contributed by atoms with Crippen molar-refractivity contribution in [1.82, 2.24) is 10.6 Å². The molecule has 0 aliphatic carbocycles. The van der Waals surface area contributed by atoms with Crippen LogP contribution in [0.3, 0.4) is 0 Å². The van der Waals surface area contributed by atoms with Crippen molar-refractivity contribution < 1.29 is 0 Å². The number of nitrogens with two attached hydrogens (primary N) is 1. The Bertz CT molecular complexity index is 740. The van der Waals surface area contributed by atoms with E-state index in [-0.39, 0.29) is 0 Å². The Kier molecular flexibility index (Phi) is 8.96. The van der Waals surface area contributed by atoms with E-state index in [2.05, 4.69) is 51.9 Å². The molecule has 0 bridgehead atoms. The van der Waals surface area contributed by atoms with Gasteiger partial charge in [-0.25, -0.2) is 0 Å². The molecule has 0 unspecified atom stereocenters. The zero-order valence-electron chi connectivity index (χ0n) is 16.4. The third-order valence-corrected chi connectivity index (χ3v) is 6.20. The molecule has 0 radical (unpaired) electrons. The molecule has 0 amide bonds. The second-order valence-corrected chi connectivity index (χ2v) is 8.56. The fraction of sp³-hybridized carbons (Fsp3) is 0.455. The average Bonchev–Trinajstić information content (AvgIpc) is 2.71. The van der Waals surface area contributed by atoms with Gasteiger partial charge in [-0.15, -0.1) is 0 Å². The lowest BCUT2D eigenvalue weighted by atomic mass is 10.2. The molecule has 1 heterocycles. The van der Waals surface area contributed by atoms with Gasteiger partial charge in [-0.1, -0.05) is 35.5 Å². The molecule has 1 aliphatic heterocycles. The van der Waals surface area contributed by atoms with Crippen LogP contribution in [0.2, 0.25) is 5.02 Å². The summed E-state index contributed by atoms with van der Waals surface area (Å²) in [6.07, 6.45) is 4.57. The molecule has 4 nitrogen and oxygen atoms in total. The highest BCUT2D eigenvalue weighted by molar-refractivity contribution is 7.99. The van der Waals surface area contributed by atoms with E-state index in [0.717, 1.165) is 57.1 Å². The van der Waals surface area contributed by atoms with E-state index in [1.165, 1.54) is 34.0 Å². The highest BCUT2D eigenvalue weighted by atomic mass is 35.5. The number of halogens is 1. The van der Waals surface area contributed by atoms with E-state index in [1.54, 1.807) is 0 Å². The van der Waals surface area contributed by atoms with E-state index < -0.39 is 0 Å². The Morgan fingerprint density at radius 3 is 2.29 bits per heavy atom. The predicted molar refractivity (Wildman–Crippen MR) is 122 cm³/mol. The molecular formula is C22H31ClN4S. The lowest BCUT2D eigenvalue weighted by molar-refractivity contribution is 0.569. The quantitative estimate of drug-likeness (QED) is 0.438. The SMILES string of the molecule is NCCCNCCCCNCCCN1c2ccccc2Sc2ccc(Cl)cc21. The largest absolute Gasteiger partial charge is 0.340 e. The van der Waals surface area contributed by atoms with Gasteiger partial charge < -0.3 is 21.3 Å². The Hall–Kier alpha value is -1.24. The van der Waals surface area contributed by atoms with Crippen LogP contribution in [-0.2, 0) is 0 Å². The number of fused-ring (bicyclic) bond motifs is 2. The monoisotopic (exact) mass is 418 g/mol.